The summed E-state index contributed by atoms with van der Waals surface area (Å²) < 4.78 is 17.5. The summed E-state index contributed by atoms with van der Waals surface area (Å²) in [6, 6.07) is 15.6. The van der Waals surface area contributed by atoms with E-state index in [1.54, 1.807) is 50.2 Å². The monoisotopic (exact) mass is 421 g/mol. The lowest BCUT2D eigenvalue weighted by molar-refractivity contribution is -0.123. The van der Waals surface area contributed by atoms with E-state index < -0.39 is 11.4 Å². The zero-order valence-corrected chi connectivity index (χ0v) is 17.5. The van der Waals surface area contributed by atoms with E-state index in [1.807, 2.05) is 19.1 Å². The minimum absolute atomic E-state index is 0.169. The van der Waals surface area contributed by atoms with Crippen LogP contribution < -0.4 is 25.1 Å². The maximum Gasteiger partial charge on any atom is 0.267 e. The van der Waals surface area contributed by atoms with Crippen molar-refractivity contribution < 1.29 is 19.0 Å². The topological polar surface area (TPSA) is 91.7 Å². The molecule has 0 spiro atoms. The van der Waals surface area contributed by atoms with E-state index in [4.69, 9.17) is 14.2 Å². The van der Waals surface area contributed by atoms with Crippen LogP contribution >= 0.6 is 0 Å². The number of rotatable bonds is 6. The Bertz CT molecular complexity index is 1190. The number of fused-ring (bicyclic) bond motifs is 1. The first-order chi connectivity index (χ1) is 14.9. The highest BCUT2D eigenvalue weighted by Gasteiger charge is 2.33. The lowest BCUT2D eigenvalue weighted by Crippen LogP contribution is -2.47. The average molecular weight is 421 g/mol. The molecule has 1 aliphatic rings. The minimum Gasteiger partial charge on any atom is -0.492 e. The maximum atomic E-state index is 13.1. The van der Waals surface area contributed by atoms with Crippen LogP contribution in [0.3, 0.4) is 0 Å². The molecule has 4 rings (SSSR count). The van der Waals surface area contributed by atoms with Crippen molar-refractivity contribution >= 4 is 11.6 Å². The number of aromatic nitrogens is 2. The first-order valence-electron chi connectivity index (χ1n) is 9.94. The van der Waals surface area contributed by atoms with Crippen molar-refractivity contribution in [2.45, 2.75) is 26.3 Å². The number of nitrogens with zero attached hydrogens (tertiary/aromatic N) is 2. The first kappa shape index (κ1) is 20.5. The molecule has 0 aliphatic carbocycles. The van der Waals surface area contributed by atoms with Crippen molar-refractivity contribution in [3.05, 3.63) is 65.0 Å². The standard InChI is InChI=1S/C23H23N3O5/c1-4-29-18-8-6-5-7-17(18)24-22(28)23(2,3)26-21(27)12-10-16(25-26)15-9-11-19-20(13-15)31-14-30-19/h5-13H,4,14H2,1-3H3,(H,24,28). The second kappa shape index (κ2) is 8.14. The number of carbonyl (C=O) groups is 1. The van der Waals surface area contributed by atoms with Gasteiger partial charge in [-0.25, -0.2) is 4.68 Å². The highest BCUT2D eigenvalue weighted by molar-refractivity contribution is 5.97. The number of para-hydroxylation sites is 2. The fourth-order valence-corrected chi connectivity index (χ4v) is 3.24. The van der Waals surface area contributed by atoms with Crippen molar-refractivity contribution in [1.29, 1.82) is 0 Å². The van der Waals surface area contributed by atoms with Gasteiger partial charge in [0.2, 0.25) is 6.79 Å². The highest BCUT2D eigenvalue weighted by atomic mass is 16.7. The largest absolute Gasteiger partial charge is 0.492 e. The van der Waals surface area contributed by atoms with E-state index >= 15 is 0 Å². The molecular formula is C23H23N3O5. The molecule has 3 aromatic rings. The summed E-state index contributed by atoms with van der Waals surface area (Å²) in [5.41, 5.74) is 0.164. The molecule has 31 heavy (non-hydrogen) atoms. The Balaban J connectivity index is 1.66. The van der Waals surface area contributed by atoms with Gasteiger partial charge in [-0.15, -0.1) is 0 Å². The van der Waals surface area contributed by atoms with Crippen LogP contribution in [0.4, 0.5) is 5.69 Å². The number of carbonyl (C=O) groups excluding carboxylic acids is 1. The lowest BCUT2D eigenvalue weighted by Gasteiger charge is -2.26. The van der Waals surface area contributed by atoms with Crippen LogP contribution in [0.25, 0.3) is 11.3 Å². The van der Waals surface area contributed by atoms with Crippen molar-refractivity contribution in [2.24, 2.45) is 0 Å². The average Bonchev–Trinajstić information content (AvgIpc) is 3.23. The Labute approximate surface area is 179 Å². The van der Waals surface area contributed by atoms with Gasteiger partial charge < -0.3 is 19.5 Å². The summed E-state index contributed by atoms with van der Waals surface area (Å²) >= 11 is 0. The minimum atomic E-state index is -1.26. The molecule has 0 saturated heterocycles. The zero-order chi connectivity index (χ0) is 22.0. The summed E-state index contributed by atoms with van der Waals surface area (Å²) in [6.45, 7) is 5.79. The van der Waals surface area contributed by atoms with E-state index in [-0.39, 0.29) is 12.4 Å². The Morgan fingerprint density at radius 1 is 1.13 bits per heavy atom. The van der Waals surface area contributed by atoms with Gasteiger partial charge in [0.15, 0.2) is 11.5 Å². The molecule has 0 radical (unpaired) electrons. The third-order valence-corrected chi connectivity index (χ3v) is 4.99. The van der Waals surface area contributed by atoms with Crippen molar-refractivity contribution in [3.63, 3.8) is 0 Å². The summed E-state index contributed by atoms with van der Waals surface area (Å²) in [5, 5.41) is 7.33. The second-order valence-electron chi connectivity index (χ2n) is 7.48. The third kappa shape index (κ3) is 3.96. The van der Waals surface area contributed by atoms with Crippen LogP contribution in [0.5, 0.6) is 17.2 Å². The molecule has 0 atom stereocenters. The molecular weight excluding hydrogens is 398 g/mol. The van der Waals surface area contributed by atoms with E-state index in [2.05, 4.69) is 10.4 Å². The van der Waals surface area contributed by atoms with Gasteiger partial charge in [-0.3, -0.25) is 9.59 Å². The van der Waals surface area contributed by atoms with E-state index in [9.17, 15) is 9.59 Å². The molecule has 1 N–H and O–H groups in total. The van der Waals surface area contributed by atoms with Gasteiger partial charge in [-0.2, -0.15) is 5.10 Å². The lowest BCUT2D eigenvalue weighted by atomic mass is 10.0. The van der Waals surface area contributed by atoms with E-state index in [0.717, 1.165) is 5.56 Å². The normalized spacial score (nSPS) is 12.5. The molecule has 0 fully saturated rings. The van der Waals surface area contributed by atoms with Crippen LogP contribution in [-0.2, 0) is 10.3 Å². The van der Waals surface area contributed by atoms with Gasteiger partial charge in [0.05, 0.1) is 18.0 Å². The molecule has 160 valence electrons. The second-order valence-corrected chi connectivity index (χ2v) is 7.48. The van der Waals surface area contributed by atoms with Crippen molar-refractivity contribution in [3.8, 4) is 28.5 Å². The number of amides is 1. The number of ether oxygens (including phenoxy) is 3. The summed E-state index contributed by atoms with van der Waals surface area (Å²) in [5.74, 6) is 1.44. The first-order valence-corrected chi connectivity index (χ1v) is 9.94. The van der Waals surface area contributed by atoms with Crippen LogP contribution in [0.15, 0.2) is 59.4 Å². The third-order valence-electron chi connectivity index (χ3n) is 4.99. The predicted molar refractivity (Wildman–Crippen MR) is 116 cm³/mol. The number of benzene rings is 2. The fraction of sp³-hybridized carbons (Fsp3) is 0.261. The van der Waals surface area contributed by atoms with Gasteiger partial charge in [0.1, 0.15) is 11.3 Å². The SMILES string of the molecule is CCOc1ccccc1NC(=O)C(C)(C)n1nc(-c2ccc3c(c2)OCO3)ccc1=O. The van der Waals surface area contributed by atoms with E-state index in [1.165, 1.54) is 10.7 Å². The van der Waals surface area contributed by atoms with Crippen LogP contribution in [0.1, 0.15) is 20.8 Å². The van der Waals surface area contributed by atoms with Crippen LogP contribution in [0, 0.1) is 0 Å². The van der Waals surface area contributed by atoms with E-state index in [0.29, 0.717) is 35.2 Å². The predicted octanol–water partition coefficient (Wildman–Crippen LogP) is 3.41. The van der Waals surface area contributed by atoms with Gasteiger partial charge in [-0.1, -0.05) is 12.1 Å². The Morgan fingerprint density at radius 3 is 2.71 bits per heavy atom. The van der Waals surface area contributed by atoms with Gasteiger partial charge in [0.25, 0.3) is 11.5 Å². The Morgan fingerprint density at radius 2 is 1.90 bits per heavy atom. The number of hydrogen-bond acceptors (Lipinski definition) is 6. The molecule has 0 saturated carbocycles. The molecule has 8 heteroatoms. The van der Waals surface area contributed by atoms with Crippen LogP contribution in [0.2, 0.25) is 0 Å². The molecule has 0 unspecified atom stereocenters. The Kier molecular flexibility index (Phi) is 5.37. The summed E-state index contributed by atoms with van der Waals surface area (Å²) in [7, 11) is 0. The molecule has 1 aliphatic heterocycles. The maximum absolute atomic E-state index is 13.1. The molecule has 1 aromatic heterocycles. The highest BCUT2D eigenvalue weighted by Crippen LogP contribution is 2.35. The number of hydrogen-bond donors (Lipinski definition) is 1. The summed E-state index contributed by atoms with van der Waals surface area (Å²) in [6.07, 6.45) is 0. The Hall–Kier alpha value is -3.81. The van der Waals surface area contributed by atoms with Crippen molar-refractivity contribution in [2.75, 3.05) is 18.7 Å². The van der Waals surface area contributed by atoms with Crippen LogP contribution in [-0.4, -0.2) is 29.1 Å². The number of nitrogens with one attached hydrogen (secondary N) is 1. The fourth-order valence-electron chi connectivity index (χ4n) is 3.24. The van der Waals surface area contributed by atoms with Gasteiger partial charge in [0, 0.05) is 11.6 Å². The molecule has 8 nitrogen and oxygen atoms in total. The molecule has 0 bridgehead atoms. The van der Waals surface area contributed by atoms with Gasteiger partial charge in [-0.05, 0) is 57.2 Å². The quantitative estimate of drug-likeness (QED) is 0.656. The number of anilines is 1. The smallest absolute Gasteiger partial charge is 0.267 e. The van der Waals surface area contributed by atoms with Crippen molar-refractivity contribution in [1.82, 2.24) is 9.78 Å². The summed E-state index contributed by atoms with van der Waals surface area (Å²) in [4.78, 5) is 25.8. The molecule has 2 aromatic carbocycles. The molecule has 1 amide bonds. The van der Waals surface area contributed by atoms with Gasteiger partial charge >= 0.3 is 0 Å². The molecule has 2 heterocycles. The zero-order valence-electron chi connectivity index (χ0n) is 17.5.